The third kappa shape index (κ3) is 3.04. The van der Waals surface area contributed by atoms with E-state index < -0.39 is 0 Å². The molecule has 0 aromatic carbocycles. The van der Waals surface area contributed by atoms with Gasteiger partial charge in [0.1, 0.15) is 0 Å². The maximum Gasteiger partial charge on any atom is 0.222 e. The number of hydrogen-bond donors (Lipinski definition) is 1. The monoisotopic (exact) mass is 253 g/mol. The molecule has 4 nitrogen and oxygen atoms in total. The van der Waals surface area contributed by atoms with Crippen molar-refractivity contribution in [3.8, 4) is 0 Å². The summed E-state index contributed by atoms with van der Waals surface area (Å²) in [6.45, 7) is 10.6. The van der Waals surface area contributed by atoms with Gasteiger partial charge in [-0.05, 0) is 44.9 Å². The van der Waals surface area contributed by atoms with Crippen LogP contribution in [-0.4, -0.2) is 61.0 Å². The molecule has 4 heteroatoms. The number of carbonyl (C=O) groups is 1. The van der Waals surface area contributed by atoms with E-state index >= 15 is 0 Å². The summed E-state index contributed by atoms with van der Waals surface area (Å²) in [5.41, 5.74) is 0. The second-order valence-corrected chi connectivity index (χ2v) is 5.47. The van der Waals surface area contributed by atoms with Crippen LogP contribution in [0.5, 0.6) is 0 Å². The summed E-state index contributed by atoms with van der Waals surface area (Å²) in [6, 6.07) is 0.503. The van der Waals surface area contributed by atoms with E-state index in [9.17, 15) is 4.79 Å². The molecule has 2 atom stereocenters. The molecule has 2 fully saturated rings. The minimum Gasteiger partial charge on any atom is -0.338 e. The van der Waals surface area contributed by atoms with Crippen LogP contribution in [0.1, 0.15) is 33.1 Å². The zero-order chi connectivity index (χ0) is 13.0. The zero-order valence-electron chi connectivity index (χ0n) is 11.8. The van der Waals surface area contributed by atoms with Gasteiger partial charge in [0, 0.05) is 25.6 Å². The Morgan fingerprint density at radius 2 is 2.11 bits per heavy atom. The van der Waals surface area contributed by atoms with Gasteiger partial charge in [-0.3, -0.25) is 4.79 Å². The van der Waals surface area contributed by atoms with Crippen LogP contribution in [0, 0.1) is 5.92 Å². The third-order valence-electron chi connectivity index (χ3n) is 4.57. The van der Waals surface area contributed by atoms with Gasteiger partial charge in [-0.25, -0.2) is 0 Å². The molecular formula is C14H27N3O. The van der Waals surface area contributed by atoms with E-state index in [1.54, 1.807) is 0 Å². The first-order valence-electron chi connectivity index (χ1n) is 7.48. The van der Waals surface area contributed by atoms with Crippen molar-refractivity contribution < 1.29 is 4.79 Å². The van der Waals surface area contributed by atoms with Crippen LogP contribution in [0.15, 0.2) is 0 Å². The van der Waals surface area contributed by atoms with Crippen LogP contribution < -0.4 is 5.32 Å². The predicted molar refractivity (Wildman–Crippen MR) is 73.5 cm³/mol. The molecule has 0 aromatic rings. The third-order valence-corrected chi connectivity index (χ3v) is 4.57. The highest BCUT2D eigenvalue weighted by Gasteiger charge is 2.36. The Hall–Kier alpha value is -0.610. The van der Waals surface area contributed by atoms with Gasteiger partial charge in [0.2, 0.25) is 5.91 Å². The van der Waals surface area contributed by atoms with Gasteiger partial charge in [0.05, 0.1) is 0 Å². The normalized spacial score (nSPS) is 28.6. The van der Waals surface area contributed by atoms with Crippen LogP contribution >= 0.6 is 0 Å². The molecule has 2 heterocycles. The summed E-state index contributed by atoms with van der Waals surface area (Å²) in [5, 5.41) is 3.46. The Morgan fingerprint density at radius 1 is 1.33 bits per heavy atom. The average molecular weight is 253 g/mol. The number of rotatable bonds is 5. The Kier molecular flexibility index (Phi) is 5.01. The largest absolute Gasteiger partial charge is 0.338 e. The fourth-order valence-corrected chi connectivity index (χ4v) is 3.33. The van der Waals surface area contributed by atoms with Crippen molar-refractivity contribution in [2.75, 3.05) is 39.3 Å². The molecule has 0 unspecified atom stereocenters. The Morgan fingerprint density at radius 3 is 2.83 bits per heavy atom. The number of carbonyl (C=O) groups excluding carboxylic acids is 1. The van der Waals surface area contributed by atoms with Crippen molar-refractivity contribution in [1.82, 2.24) is 15.1 Å². The van der Waals surface area contributed by atoms with E-state index in [-0.39, 0.29) is 0 Å². The number of nitrogens with one attached hydrogen (secondary N) is 1. The van der Waals surface area contributed by atoms with Gasteiger partial charge in [-0.1, -0.05) is 13.8 Å². The fourth-order valence-electron chi connectivity index (χ4n) is 3.33. The standard InChI is InChI=1S/C14H27N3O/c1-3-16(4-2)9-10-17-13-7-8-15-11-12(13)5-6-14(17)18/h12-13,15H,3-11H2,1-2H3/t12-,13+/m1/s1. The van der Waals surface area contributed by atoms with Gasteiger partial charge in [0.25, 0.3) is 0 Å². The van der Waals surface area contributed by atoms with Crippen molar-refractivity contribution in [3.63, 3.8) is 0 Å². The minimum atomic E-state index is 0.380. The first-order valence-corrected chi connectivity index (χ1v) is 7.48. The van der Waals surface area contributed by atoms with Gasteiger partial charge < -0.3 is 15.1 Å². The Labute approximate surface area is 111 Å². The molecule has 2 saturated heterocycles. The molecule has 0 aromatic heterocycles. The first-order chi connectivity index (χ1) is 8.76. The quantitative estimate of drug-likeness (QED) is 0.792. The molecule has 0 spiro atoms. The van der Waals surface area contributed by atoms with E-state index in [0.717, 1.165) is 58.5 Å². The summed E-state index contributed by atoms with van der Waals surface area (Å²) in [5.74, 6) is 1.07. The Bertz CT molecular complexity index is 278. The average Bonchev–Trinajstić information content (AvgIpc) is 2.42. The molecule has 0 radical (unpaired) electrons. The predicted octanol–water partition coefficient (Wildman–Crippen LogP) is 0.929. The summed E-state index contributed by atoms with van der Waals surface area (Å²) in [6.07, 6.45) is 2.97. The number of likely N-dealkylation sites (N-methyl/N-ethyl adjacent to an activating group) is 1. The van der Waals surface area contributed by atoms with Crippen LogP contribution in [0.3, 0.4) is 0 Å². The second kappa shape index (κ2) is 6.53. The zero-order valence-corrected chi connectivity index (χ0v) is 11.8. The summed E-state index contributed by atoms with van der Waals surface area (Å²) < 4.78 is 0. The van der Waals surface area contributed by atoms with Crippen LogP contribution in [0.25, 0.3) is 0 Å². The number of likely N-dealkylation sites (tertiary alicyclic amines) is 1. The van der Waals surface area contributed by atoms with Crippen molar-refractivity contribution in [3.05, 3.63) is 0 Å². The smallest absolute Gasteiger partial charge is 0.222 e. The lowest BCUT2D eigenvalue weighted by atomic mass is 9.84. The maximum atomic E-state index is 12.1. The van der Waals surface area contributed by atoms with Gasteiger partial charge in [-0.15, -0.1) is 0 Å². The maximum absolute atomic E-state index is 12.1. The molecule has 18 heavy (non-hydrogen) atoms. The number of hydrogen-bond acceptors (Lipinski definition) is 3. The van der Waals surface area contributed by atoms with Gasteiger partial charge in [0.15, 0.2) is 0 Å². The molecule has 1 N–H and O–H groups in total. The number of nitrogens with zero attached hydrogens (tertiary/aromatic N) is 2. The van der Waals surface area contributed by atoms with E-state index in [2.05, 4.69) is 29.0 Å². The SMILES string of the molecule is CCN(CC)CCN1C(=O)CC[C@@H]2CNCC[C@@H]21. The number of piperidine rings is 2. The van der Waals surface area contributed by atoms with Gasteiger partial charge in [-0.2, -0.15) is 0 Å². The summed E-state index contributed by atoms with van der Waals surface area (Å²) >= 11 is 0. The molecule has 1 amide bonds. The number of amides is 1. The van der Waals surface area contributed by atoms with Crippen molar-refractivity contribution >= 4 is 5.91 Å². The van der Waals surface area contributed by atoms with E-state index in [1.165, 1.54) is 0 Å². The lowest BCUT2D eigenvalue weighted by Crippen LogP contribution is -2.56. The van der Waals surface area contributed by atoms with Crippen molar-refractivity contribution in [1.29, 1.82) is 0 Å². The highest BCUT2D eigenvalue weighted by molar-refractivity contribution is 5.77. The van der Waals surface area contributed by atoms with Crippen LogP contribution in [-0.2, 0) is 4.79 Å². The van der Waals surface area contributed by atoms with Crippen LogP contribution in [0.2, 0.25) is 0 Å². The molecular weight excluding hydrogens is 226 g/mol. The molecule has 0 saturated carbocycles. The highest BCUT2D eigenvalue weighted by Crippen LogP contribution is 2.28. The topological polar surface area (TPSA) is 35.6 Å². The van der Waals surface area contributed by atoms with Crippen LogP contribution in [0.4, 0.5) is 0 Å². The minimum absolute atomic E-state index is 0.380. The first kappa shape index (κ1) is 13.8. The lowest BCUT2D eigenvalue weighted by Gasteiger charge is -2.44. The second-order valence-electron chi connectivity index (χ2n) is 5.47. The Balaban J connectivity index is 1.92. The molecule has 2 aliphatic rings. The molecule has 2 rings (SSSR count). The summed E-state index contributed by atoms with van der Waals surface area (Å²) in [4.78, 5) is 16.7. The molecule has 104 valence electrons. The molecule has 0 aliphatic carbocycles. The van der Waals surface area contributed by atoms with E-state index in [4.69, 9.17) is 0 Å². The highest BCUT2D eigenvalue weighted by atomic mass is 16.2. The summed E-state index contributed by atoms with van der Waals surface area (Å²) in [7, 11) is 0. The molecule has 2 aliphatic heterocycles. The molecule has 0 bridgehead atoms. The van der Waals surface area contributed by atoms with Crippen molar-refractivity contribution in [2.45, 2.75) is 39.2 Å². The van der Waals surface area contributed by atoms with Crippen molar-refractivity contribution in [2.24, 2.45) is 5.92 Å². The lowest BCUT2D eigenvalue weighted by molar-refractivity contribution is -0.139. The van der Waals surface area contributed by atoms with Gasteiger partial charge >= 0.3 is 0 Å². The fraction of sp³-hybridized carbons (Fsp3) is 0.929. The van der Waals surface area contributed by atoms with E-state index in [1.807, 2.05) is 0 Å². The number of fused-ring (bicyclic) bond motifs is 1. The van der Waals surface area contributed by atoms with E-state index in [0.29, 0.717) is 17.9 Å².